The second-order valence-corrected chi connectivity index (χ2v) is 8.10. The Morgan fingerprint density at radius 1 is 1.00 bits per heavy atom. The number of benzene rings is 2. The molecule has 3 aromatic rings. The summed E-state index contributed by atoms with van der Waals surface area (Å²) in [5, 5.41) is 0. The highest BCUT2D eigenvalue weighted by molar-refractivity contribution is 6.53. The summed E-state index contributed by atoms with van der Waals surface area (Å²) in [7, 11) is 1.18. The van der Waals surface area contributed by atoms with E-state index in [-0.39, 0.29) is 0 Å². The van der Waals surface area contributed by atoms with E-state index >= 15 is 0 Å². The Kier molecular flexibility index (Phi) is 10.8. The molecule has 0 atom stereocenters. The molecular formula is C27H37BN2. The monoisotopic (exact) mass is 400 g/mol. The molecule has 2 nitrogen and oxygen atoms in total. The van der Waals surface area contributed by atoms with Gasteiger partial charge in [-0.1, -0.05) is 97.9 Å². The van der Waals surface area contributed by atoms with Crippen LogP contribution < -0.4 is 5.46 Å². The molecule has 1 aromatic heterocycles. The zero-order valence-electron chi connectivity index (χ0n) is 19.2. The Hall–Kier alpha value is -2.55. The average molecular weight is 400 g/mol. The SMILES string of the molecule is CCn1ccnc1C(C)C.Cc1cccc(CCC=CCCBc2ccccc2)c1. The molecule has 0 aliphatic carbocycles. The molecule has 0 aliphatic heterocycles. The van der Waals surface area contributed by atoms with Crippen LogP contribution >= 0.6 is 0 Å². The van der Waals surface area contributed by atoms with Gasteiger partial charge in [0, 0.05) is 24.9 Å². The summed E-state index contributed by atoms with van der Waals surface area (Å²) < 4.78 is 2.17. The molecule has 0 fully saturated rings. The van der Waals surface area contributed by atoms with Crippen LogP contribution in [0.1, 0.15) is 56.5 Å². The largest absolute Gasteiger partial charge is 0.335 e. The molecule has 30 heavy (non-hydrogen) atoms. The van der Waals surface area contributed by atoms with Gasteiger partial charge in [-0.15, -0.1) is 0 Å². The molecule has 0 radical (unpaired) electrons. The molecule has 3 heteroatoms. The minimum Gasteiger partial charge on any atom is -0.335 e. The van der Waals surface area contributed by atoms with Crippen LogP contribution in [0.5, 0.6) is 0 Å². The van der Waals surface area contributed by atoms with E-state index in [2.05, 4.69) is 104 Å². The van der Waals surface area contributed by atoms with Crippen molar-refractivity contribution >= 4 is 12.7 Å². The lowest BCUT2D eigenvalue weighted by molar-refractivity contribution is 0.652. The summed E-state index contributed by atoms with van der Waals surface area (Å²) in [6, 6.07) is 19.5. The van der Waals surface area contributed by atoms with Gasteiger partial charge in [-0.05, 0) is 38.7 Å². The maximum absolute atomic E-state index is 4.25. The Bertz CT molecular complexity index is 865. The molecule has 0 saturated heterocycles. The lowest BCUT2D eigenvalue weighted by atomic mass is 9.66. The fraction of sp³-hybridized carbons (Fsp3) is 0.370. The number of imidazole rings is 1. The molecular weight excluding hydrogens is 363 g/mol. The minimum atomic E-state index is 0.537. The maximum Gasteiger partial charge on any atom is 0.158 e. The van der Waals surface area contributed by atoms with Gasteiger partial charge in [0.1, 0.15) is 5.82 Å². The molecule has 0 spiro atoms. The number of hydrogen-bond acceptors (Lipinski definition) is 1. The molecule has 158 valence electrons. The van der Waals surface area contributed by atoms with Crippen molar-refractivity contribution < 1.29 is 0 Å². The van der Waals surface area contributed by atoms with Crippen LogP contribution in [-0.4, -0.2) is 16.8 Å². The van der Waals surface area contributed by atoms with Crippen molar-refractivity contribution in [2.45, 2.75) is 65.7 Å². The van der Waals surface area contributed by atoms with Crippen molar-refractivity contribution in [2.24, 2.45) is 0 Å². The van der Waals surface area contributed by atoms with Crippen LogP contribution in [0.3, 0.4) is 0 Å². The van der Waals surface area contributed by atoms with E-state index in [1.807, 2.05) is 12.4 Å². The molecule has 0 amide bonds. The third kappa shape index (κ3) is 8.86. The fourth-order valence-corrected chi connectivity index (χ4v) is 3.51. The number of allylic oxidation sites excluding steroid dienone is 2. The van der Waals surface area contributed by atoms with Crippen LogP contribution in [0.2, 0.25) is 6.32 Å². The van der Waals surface area contributed by atoms with Gasteiger partial charge < -0.3 is 4.57 Å². The van der Waals surface area contributed by atoms with Crippen molar-refractivity contribution in [1.29, 1.82) is 0 Å². The molecule has 0 N–H and O–H groups in total. The zero-order valence-corrected chi connectivity index (χ0v) is 19.2. The van der Waals surface area contributed by atoms with Gasteiger partial charge in [0.2, 0.25) is 0 Å². The summed E-state index contributed by atoms with van der Waals surface area (Å²) in [5.74, 6) is 1.72. The molecule has 0 bridgehead atoms. The Morgan fingerprint density at radius 3 is 2.43 bits per heavy atom. The maximum atomic E-state index is 4.25. The second kappa shape index (κ2) is 13.6. The summed E-state index contributed by atoms with van der Waals surface area (Å²) in [6.45, 7) is 9.63. The first-order valence-electron chi connectivity index (χ1n) is 11.4. The zero-order chi connectivity index (χ0) is 21.6. The van der Waals surface area contributed by atoms with E-state index in [1.165, 1.54) is 42.4 Å². The van der Waals surface area contributed by atoms with Gasteiger partial charge in [0.25, 0.3) is 0 Å². The average Bonchev–Trinajstić information content (AvgIpc) is 3.24. The predicted molar refractivity (Wildman–Crippen MR) is 133 cm³/mol. The van der Waals surface area contributed by atoms with Crippen LogP contribution in [0.25, 0.3) is 0 Å². The van der Waals surface area contributed by atoms with E-state index in [1.54, 1.807) is 0 Å². The Labute approximate surface area is 184 Å². The van der Waals surface area contributed by atoms with E-state index in [0.29, 0.717) is 5.92 Å². The quantitative estimate of drug-likeness (QED) is 0.242. The summed E-state index contributed by atoms with van der Waals surface area (Å²) in [4.78, 5) is 4.25. The second-order valence-electron chi connectivity index (χ2n) is 8.10. The van der Waals surface area contributed by atoms with Crippen molar-refractivity contribution in [2.75, 3.05) is 0 Å². The lowest BCUT2D eigenvalue weighted by Gasteiger charge is -2.06. The molecule has 1 heterocycles. The third-order valence-corrected chi connectivity index (χ3v) is 5.13. The Morgan fingerprint density at radius 2 is 1.77 bits per heavy atom. The van der Waals surface area contributed by atoms with Gasteiger partial charge in [-0.25, -0.2) is 4.98 Å². The minimum absolute atomic E-state index is 0.537. The number of rotatable bonds is 9. The first-order chi connectivity index (χ1) is 14.6. The number of aromatic nitrogens is 2. The predicted octanol–water partition coefficient (Wildman–Crippen LogP) is 6.08. The number of nitrogens with zero attached hydrogens (tertiary/aromatic N) is 2. The van der Waals surface area contributed by atoms with Crippen molar-refractivity contribution in [1.82, 2.24) is 9.55 Å². The van der Waals surface area contributed by atoms with E-state index in [9.17, 15) is 0 Å². The standard InChI is InChI=1S/C19H23B.C8H14N2/c1-17-10-9-12-18(16-17)11-5-2-3-8-15-20-19-13-6-4-7-14-19;1-4-10-6-5-9-8(10)7(2)3/h2-4,6-7,9-10,12-14,16,20H,5,8,11,15H2,1H3;5-7H,4H2,1-3H3. The van der Waals surface area contributed by atoms with Crippen molar-refractivity contribution in [3.63, 3.8) is 0 Å². The molecule has 3 rings (SSSR count). The molecule has 0 unspecified atom stereocenters. The first-order valence-corrected chi connectivity index (χ1v) is 11.4. The third-order valence-electron chi connectivity index (χ3n) is 5.13. The molecule has 2 aromatic carbocycles. The van der Waals surface area contributed by atoms with Gasteiger partial charge in [-0.2, -0.15) is 0 Å². The van der Waals surface area contributed by atoms with E-state index in [4.69, 9.17) is 0 Å². The normalized spacial score (nSPS) is 10.8. The molecule has 0 aliphatic rings. The van der Waals surface area contributed by atoms with Crippen molar-refractivity contribution in [3.8, 4) is 0 Å². The summed E-state index contributed by atoms with van der Waals surface area (Å²) >= 11 is 0. The lowest BCUT2D eigenvalue weighted by Crippen LogP contribution is -2.11. The van der Waals surface area contributed by atoms with Crippen LogP contribution in [0.4, 0.5) is 0 Å². The smallest absolute Gasteiger partial charge is 0.158 e. The highest BCUT2D eigenvalue weighted by Crippen LogP contribution is 2.10. The van der Waals surface area contributed by atoms with Gasteiger partial charge in [0.15, 0.2) is 7.28 Å². The number of aryl methyl sites for hydroxylation is 3. The summed E-state index contributed by atoms with van der Waals surface area (Å²) in [6.07, 6.45) is 13.3. The number of hydrogen-bond donors (Lipinski definition) is 0. The van der Waals surface area contributed by atoms with Crippen molar-refractivity contribution in [3.05, 3.63) is 96.1 Å². The Balaban J connectivity index is 0.000000269. The van der Waals surface area contributed by atoms with Crippen LogP contribution in [-0.2, 0) is 13.0 Å². The highest BCUT2D eigenvalue weighted by Gasteiger charge is 2.03. The summed E-state index contributed by atoms with van der Waals surface area (Å²) in [5.41, 5.74) is 4.24. The van der Waals surface area contributed by atoms with E-state index in [0.717, 1.165) is 19.4 Å². The fourth-order valence-electron chi connectivity index (χ4n) is 3.51. The topological polar surface area (TPSA) is 17.8 Å². The first kappa shape index (κ1) is 23.7. The van der Waals surface area contributed by atoms with Crippen LogP contribution in [0, 0.1) is 6.92 Å². The van der Waals surface area contributed by atoms with Gasteiger partial charge in [0.05, 0.1) is 0 Å². The van der Waals surface area contributed by atoms with Gasteiger partial charge >= 0.3 is 0 Å². The van der Waals surface area contributed by atoms with E-state index < -0.39 is 0 Å². The highest BCUT2D eigenvalue weighted by atomic mass is 15.1. The van der Waals surface area contributed by atoms with Crippen LogP contribution in [0.15, 0.2) is 79.1 Å². The molecule has 0 saturated carbocycles. The van der Waals surface area contributed by atoms with Gasteiger partial charge in [-0.3, -0.25) is 0 Å².